The maximum atomic E-state index is 11.1. The molecule has 14 heavy (non-hydrogen) atoms. The van der Waals surface area contributed by atoms with Crippen LogP contribution in [0.25, 0.3) is 0 Å². The summed E-state index contributed by atoms with van der Waals surface area (Å²) in [5.74, 6) is 0.625. The second-order valence-electron chi connectivity index (χ2n) is 4.10. The Morgan fingerprint density at radius 1 is 1.36 bits per heavy atom. The Bertz CT molecular complexity index is 213. The Hall–Kier alpha value is -0.610. The van der Waals surface area contributed by atoms with Crippen LogP contribution in [0.4, 0.5) is 0 Å². The van der Waals surface area contributed by atoms with Gasteiger partial charge in [0.1, 0.15) is 0 Å². The molecular formula is C10H17NO3. The predicted octanol–water partition coefficient (Wildman–Crippen LogP) is 0.664. The number of carbonyl (C=O) groups is 1. The zero-order valence-electron chi connectivity index (χ0n) is 8.49. The Balaban J connectivity index is 1.72. The van der Waals surface area contributed by atoms with Gasteiger partial charge < -0.3 is 14.8 Å². The Kier molecular flexibility index (Phi) is 3.03. The highest BCUT2D eigenvalue weighted by molar-refractivity contribution is 5.78. The molecule has 1 amide bonds. The SMILES string of the molecule is C[C@@H]1CC(=O)N[C@H]1CCC1OCCO1. The molecule has 4 nitrogen and oxygen atoms in total. The molecule has 0 aromatic heterocycles. The molecule has 2 aliphatic rings. The first-order valence-corrected chi connectivity index (χ1v) is 5.28. The standard InChI is InChI=1S/C10H17NO3/c1-7-6-9(12)11-8(7)2-3-10-13-4-5-14-10/h7-8,10H,2-6H2,1H3,(H,11,12)/t7-,8+/m1/s1. The lowest BCUT2D eigenvalue weighted by atomic mass is 9.99. The highest BCUT2D eigenvalue weighted by atomic mass is 16.7. The molecule has 0 saturated carbocycles. The Labute approximate surface area is 84.0 Å². The van der Waals surface area contributed by atoms with Crippen molar-refractivity contribution in [3.63, 3.8) is 0 Å². The van der Waals surface area contributed by atoms with Crippen molar-refractivity contribution in [2.45, 2.75) is 38.5 Å². The first kappa shape index (κ1) is 9.93. The number of nitrogens with one attached hydrogen (secondary N) is 1. The van der Waals surface area contributed by atoms with Gasteiger partial charge in [-0.25, -0.2) is 0 Å². The van der Waals surface area contributed by atoms with Crippen LogP contribution in [0.3, 0.4) is 0 Å². The maximum absolute atomic E-state index is 11.1. The van der Waals surface area contributed by atoms with Crippen LogP contribution >= 0.6 is 0 Å². The summed E-state index contributed by atoms with van der Waals surface area (Å²) in [6, 6.07) is 0.315. The molecule has 0 aromatic carbocycles. The minimum absolute atomic E-state index is 0.0419. The molecule has 80 valence electrons. The molecule has 2 heterocycles. The van der Waals surface area contributed by atoms with Crippen LogP contribution in [0, 0.1) is 5.92 Å². The molecule has 2 saturated heterocycles. The van der Waals surface area contributed by atoms with Gasteiger partial charge in [-0.2, -0.15) is 0 Å². The van der Waals surface area contributed by atoms with E-state index in [1.165, 1.54) is 0 Å². The molecule has 1 N–H and O–H groups in total. The van der Waals surface area contributed by atoms with E-state index in [0.29, 0.717) is 31.6 Å². The zero-order valence-corrected chi connectivity index (χ0v) is 8.49. The van der Waals surface area contributed by atoms with E-state index in [0.717, 1.165) is 12.8 Å². The summed E-state index contributed by atoms with van der Waals surface area (Å²) in [5.41, 5.74) is 0. The van der Waals surface area contributed by atoms with Gasteiger partial charge in [0.25, 0.3) is 0 Å². The number of amides is 1. The number of hydrogen-bond acceptors (Lipinski definition) is 3. The van der Waals surface area contributed by atoms with E-state index in [1.807, 2.05) is 0 Å². The fourth-order valence-electron chi connectivity index (χ4n) is 2.09. The lowest BCUT2D eigenvalue weighted by molar-refractivity contribution is -0.119. The van der Waals surface area contributed by atoms with Crippen molar-refractivity contribution in [2.75, 3.05) is 13.2 Å². The number of carbonyl (C=O) groups excluding carboxylic acids is 1. The van der Waals surface area contributed by atoms with E-state index in [4.69, 9.17) is 9.47 Å². The van der Waals surface area contributed by atoms with Crippen molar-refractivity contribution in [1.82, 2.24) is 5.32 Å². The average molecular weight is 199 g/mol. The van der Waals surface area contributed by atoms with Crippen LogP contribution in [0.5, 0.6) is 0 Å². The van der Waals surface area contributed by atoms with E-state index in [2.05, 4.69) is 12.2 Å². The van der Waals surface area contributed by atoms with Crippen molar-refractivity contribution in [2.24, 2.45) is 5.92 Å². The van der Waals surface area contributed by atoms with Crippen molar-refractivity contribution < 1.29 is 14.3 Å². The van der Waals surface area contributed by atoms with Crippen LogP contribution in [0.1, 0.15) is 26.2 Å². The van der Waals surface area contributed by atoms with Gasteiger partial charge in [-0.05, 0) is 12.3 Å². The third-order valence-corrected chi connectivity index (χ3v) is 2.94. The Morgan fingerprint density at radius 3 is 2.64 bits per heavy atom. The minimum Gasteiger partial charge on any atom is -0.353 e. The third-order valence-electron chi connectivity index (χ3n) is 2.94. The third kappa shape index (κ3) is 2.25. The number of ether oxygens (including phenoxy) is 2. The van der Waals surface area contributed by atoms with Gasteiger partial charge in [0.2, 0.25) is 5.91 Å². The van der Waals surface area contributed by atoms with E-state index in [9.17, 15) is 4.79 Å². The van der Waals surface area contributed by atoms with E-state index in [-0.39, 0.29) is 12.2 Å². The fourth-order valence-corrected chi connectivity index (χ4v) is 2.09. The normalized spacial score (nSPS) is 33.6. The lowest BCUT2D eigenvalue weighted by Crippen LogP contribution is -2.29. The van der Waals surface area contributed by atoms with E-state index in [1.54, 1.807) is 0 Å². The molecule has 2 fully saturated rings. The van der Waals surface area contributed by atoms with E-state index < -0.39 is 0 Å². The van der Waals surface area contributed by atoms with Crippen LogP contribution < -0.4 is 5.32 Å². The van der Waals surface area contributed by atoms with Crippen molar-refractivity contribution >= 4 is 5.91 Å². The molecule has 4 heteroatoms. The van der Waals surface area contributed by atoms with Crippen LogP contribution in [-0.4, -0.2) is 31.5 Å². The van der Waals surface area contributed by atoms with Crippen LogP contribution in [0.2, 0.25) is 0 Å². The largest absolute Gasteiger partial charge is 0.353 e. The Morgan fingerprint density at radius 2 is 2.07 bits per heavy atom. The van der Waals surface area contributed by atoms with Gasteiger partial charge >= 0.3 is 0 Å². The molecule has 2 rings (SSSR count). The summed E-state index contributed by atoms with van der Waals surface area (Å²) in [5, 5.41) is 2.98. The molecule has 0 aliphatic carbocycles. The highest BCUT2D eigenvalue weighted by Gasteiger charge is 2.29. The van der Waals surface area contributed by atoms with Crippen LogP contribution in [0.15, 0.2) is 0 Å². The monoisotopic (exact) mass is 199 g/mol. The number of rotatable bonds is 3. The fraction of sp³-hybridized carbons (Fsp3) is 0.900. The second-order valence-corrected chi connectivity index (χ2v) is 4.10. The summed E-state index contributed by atoms with van der Waals surface area (Å²) in [4.78, 5) is 11.1. The van der Waals surface area contributed by atoms with Gasteiger partial charge in [0.05, 0.1) is 13.2 Å². The summed E-state index contributed by atoms with van der Waals surface area (Å²) in [6.45, 7) is 3.52. The van der Waals surface area contributed by atoms with E-state index >= 15 is 0 Å². The number of hydrogen-bond donors (Lipinski definition) is 1. The molecule has 2 atom stereocenters. The summed E-state index contributed by atoms with van der Waals surface area (Å²) >= 11 is 0. The maximum Gasteiger partial charge on any atom is 0.220 e. The quantitative estimate of drug-likeness (QED) is 0.726. The highest BCUT2D eigenvalue weighted by Crippen LogP contribution is 2.21. The van der Waals surface area contributed by atoms with Crippen LogP contribution in [-0.2, 0) is 14.3 Å². The van der Waals surface area contributed by atoms with Crippen molar-refractivity contribution in [3.8, 4) is 0 Å². The average Bonchev–Trinajstić information content (AvgIpc) is 2.72. The molecule has 0 bridgehead atoms. The molecule has 0 aromatic rings. The first-order chi connectivity index (χ1) is 6.75. The minimum atomic E-state index is -0.0419. The second kappa shape index (κ2) is 4.28. The first-order valence-electron chi connectivity index (χ1n) is 5.28. The van der Waals surface area contributed by atoms with Gasteiger partial charge in [0.15, 0.2) is 6.29 Å². The lowest BCUT2D eigenvalue weighted by Gasteiger charge is -2.16. The molecule has 0 spiro atoms. The molecule has 2 aliphatic heterocycles. The van der Waals surface area contributed by atoms with Gasteiger partial charge in [-0.15, -0.1) is 0 Å². The zero-order chi connectivity index (χ0) is 9.97. The van der Waals surface area contributed by atoms with Gasteiger partial charge in [-0.1, -0.05) is 6.92 Å². The topological polar surface area (TPSA) is 47.6 Å². The predicted molar refractivity (Wildman–Crippen MR) is 50.6 cm³/mol. The van der Waals surface area contributed by atoms with Gasteiger partial charge in [-0.3, -0.25) is 4.79 Å². The summed E-state index contributed by atoms with van der Waals surface area (Å²) < 4.78 is 10.7. The molecular weight excluding hydrogens is 182 g/mol. The smallest absolute Gasteiger partial charge is 0.220 e. The molecule has 0 unspecified atom stereocenters. The molecule has 0 radical (unpaired) electrons. The van der Waals surface area contributed by atoms with Crippen molar-refractivity contribution in [1.29, 1.82) is 0 Å². The van der Waals surface area contributed by atoms with Gasteiger partial charge in [0, 0.05) is 18.9 Å². The van der Waals surface area contributed by atoms with Crippen molar-refractivity contribution in [3.05, 3.63) is 0 Å². The summed E-state index contributed by atoms with van der Waals surface area (Å²) in [6.07, 6.45) is 2.46. The summed E-state index contributed by atoms with van der Waals surface area (Å²) in [7, 11) is 0.